The number of pyridine rings is 2. The molecule has 0 aliphatic carbocycles. The van der Waals surface area contributed by atoms with E-state index < -0.39 is 0 Å². The minimum absolute atomic E-state index is 0.0436. The van der Waals surface area contributed by atoms with Gasteiger partial charge in [0.25, 0.3) is 0 Å². The number of carbonyl (C=O) groups is 1. The molecule has 0 spiro atoms. The Morgan fingerprint density at radius 1 is 1.17 bits per heavy atom. The number of carbonyl (C=O) groups excluding carboxylic acids is 1. The van der Waals surface area contributed by atoms with E-state index in [1.807, 2.05) is 24.4 Å². The number of aryl methyl sites for hydroxylation is 2. The SMILES string of the molecule is CCc1nc2cc(N3CCCC(C(=O)NCc4ccccn4)C3)cnc2nc1CC. The van der Waals surface area contributed by atoms with Gasteiger partial charge in [0, 0.05) is 19.3 Å². The third-order valence-electron chi connectivity index (χ3n) is 5.66. The van der Waals surface area contributed by atoms with Crippen LogP contribution in [0.4, 0.5) is 5.69 Å². The normalized spacial score (nSPS) is 16.6. The maximum absolute atomic E-state index is 12.7. The lowest BCUT2D eigenvalue weighted by atomic mass is 9.96. The van der Waals surface area contributed by atoms with Gasteiger partial charge in [0.05, 0.1) is 41.4 Å². The summed E-state index contributed by atoms with van der Waals surface area (Å²) in [6, 6.07) is 7.78. The van der Waals surface area contributed by atoms with Crippen LogP contribution < -0.4 is 10.2 Å². The number of amides is 1. The van der Waals surface area contributed by atoms with Crippen molar-refractivity contribution in [3.8, 4) is 0 Å². The van der Waals surface area contributed by atoms with Gasteiger partial charge in [-0.15, -0.1) is 0 Å². The largest absolute Gasteiger partial charge is 0.369 e. The summed E-state index contributed by atoms with van der Waals surface area (Å²) >= 11 is 0. The number of nitrogens with one attached hydrogen (secondary N) is 1. The van der Waals surface area contributed by atoms with Crippen LogP contribution in [0.25, 0.3) is 11.2 Å². The van der Waals surface area contributed by atoms with Crippen LogP contribution in [0.2, 0.25) is 0 Å². The number of aromatic nitrogens is 4. The number of nitrogens with zero attached hydrogens (tertiary/aromatic N) is 5. The van der Waals surface area contributed by atoms with Gasteiger partial charge in [0.1, 0.15) is 5.52 Å². The highest BCUT2D eigenvalue weighted by molar-refractivity contribution is 5.80. The van der Waals surface area contributed by atoms with Gasteiger partial charge in [-0.25, -0.2) is 15.0 Å². The van der Waals surface area contributed by atoms with Crippen LogP contribution in [0.5, 0.6) is 0 Å². The van der Waals surface area contributed by atoms with Crippen molar-refractivity contribution >= 4 is 22.8 Å². The Bertz CT molecular complexity index is 1020. The van der Waals surface area contributed by atoms with E-state index in [2.05, 4.69) is 45.1 Å². The third-order valence-corrected chi connectivity index (χ3v) is 5.66. The van der Waals surface area contributed by atoms with Gasteiger partial charge in [-0.1, -0.05) is 19.9 Å². The summed E-state index contributed by atoms with van der Waals surface area (Å²) in [5, 5.41) is 3.03. The lowest BCUT2D eigenvalue weighted by molar-refractivity contribution is -0.125. The zero-order valence-corrected chi connectivity index (χ0v) is 17.6. The second kappa shape index (κ2) is 9.15. The molecule has 1 aliphatic rings. The van der Waals surface area contributed by atoms with Crippen molar-refractivity contribution in [2.24, 2.45) is 5.92 Å². The molecule has 156 valence electrons. The summed E-state index contributed by atoms with van der Waals surface area (Å²) in [5.41, 5.74) is 5.44. The molecule has 3 aromatic rings. The topological polar surface area (TPSA) is 83.9 Å². The Hall–Kier alpha value is -3.09. The number of anilines is 1. The van der Waals surface area contributed by atoms with Gasteiger partial charge in [-0.2, -0.15) is 0 Å². The van der Waals surface area contributed by atoms with E-state index in [9.17, 15) is 4.79 Å². The van der Waals surface area contributed by atoms with Gasteiger partial charge >= 0.3 is 0 Å². The van der Waals surface area contributed by atoms with Crippen LogP contribution in [0, 0.1) is 5.92 Å². The molecular formula is C23H28N6O. The first-order valence-corrected chi connectivity index (χ1v) is 10.8. The summed E-state index contributed by atoms with van der Waals surface area (Å²) in [4.78, 5) is 33.3. The predicted octanol–water partition coefficient (Wildman–Crippen LogP) is 3.08. The highest BCUT2D eigenvalue weighted by Crippen LogP contribution is 2.25. The van der Waals surface area contributed by atoms with E-state index in [-0.39, 0.29) is 11.8 Å². The highest BCUT2D eigenvalue weighted by atomic mass is 16.1. The first-order chi connectivity index (χ1) is 14.7. The number of piperidine rings is 1. The summed E-state index contributed by atoms with van der Waals surface area (Å²) in [6.45, 7) is 6.25. The molecule has 4 rings (SSSR count). The first-order valence-electron chi connectivity index (χ1n) is 10.8. The zero-order valence-electron chi connectivity index (χ0n) is 17.6. The van der Waals surface area contributed by atoms with Crippen LogP contribution >= 0.6 is 0 Å². The molecule has 1 unspecified atom stereocenters. The van der Waals surface area contributed by atoms with Gasteiger partial charge in [-0.3, -0.25) is 9.78 Å². The first kappa shape index (κ1) is 20.2. The Labute approximate surface area is 177 Å². The van der Waals surface area contributed by atoms with Crippen molar-refractivity contribution in [2.75, 3.05) is 18.0 Å². The van der Waals surface area contributed by atoms with E-state index in [0.29, 0.717) is 18.7 Å². The molecule has 1 atom stereocenters. The van der Waals surface area contributed by atoms with Crippen molar-refractivity contribution in [1.29, 1.82) is 0 Å². The minimum Gasteiger partial charge on any atom is -0.369 e. The molecule has 1 saturated heterocycles. The number of hydrogen-bond acceptors (Lipinski definition) is 6. The van der Waals surface area contributed by atoms with Gasteiger partial charge in [0.15, 0.2) is 5.65 Å². The number of rotatable bonds is 6. The molecule has 0 saturated carbocycles. The van der Waals surface area contributed by atoms with Crippen LogP contribution in [0.1, 0.15) is 43.8 Å². The van der Waals surface area contributed by atoms with E-state index in [0.717, 1.165) is 60.5 Å². The Balaban J connectivity index is 1.47. The molecule has 1 fully saturated rings. The van der Waals surface area contributed by atoms with Crippen LogP contribution in [0.15, 0.2) is 36.7 Å². The highest BCUT2D eigenvalue weighted by Gasteiger charge is 2.26. The smallest absolute Gasteiger partial charge is 0.225 e. The maximum Gasteiger partial charge on any atom is 0.225 e. The molecule has 1 aliphatic heterocycles. The predicted molar refractivity (Wildman–Crippen MR) is 117 cm³/mol. The van der Waals surface area contributed by atoms with Crippen molar-refractivity contribution in [2.45, 2.75) is 46.1 Å². The summed E-state index contributed by atoms with van der Waals surface area (Å²) in [7, 11) is 0. The number of hydrogen-bond donors (Lipinski definition) is 1. The molecule has 1 amide bonds. The van der Waals surface area contributed by atoms with Gasteiger partial charge < -0.3 is 10.2 Å². The number of fused-ring (bicyclic) bond motifs is 1. The fraction of sp³-hybridized carbons (Fsp3) is 0.435. The summed E-state index contributed by atoms with van der Waals surface area (Å²) in [5.74, 6) is 0.0395. The lowest BCUT2D eigenvalue weighted by Crippen LogP contribution is -2.43. The molecule has 0 radical (unpaired) electrons. The quantitative estimate of drug-likeness (QED) is 0.680. The monoisotopic (exact) mass is 404 g/mol. The van der Waals surface area contributed by atoms with Crippen LogP contribution in [0.3, 0.4) is 0 Å². The average Bonchev–Trinajstić information content (AvgIpc) is 2.82. The van der Waals surface area contributed by atoms with Crippen LogP contribution in [-0.4, -0.2) is 38.9 Å². The molecule has 4 heterocycles. The van der Waals surface area contributed by atoms with E-state index in [1.54, 1.807) is 6.20 Å². The Kier molecular flexibility index (Phi) is 6.16. The summed E-state index contributed by atoms with van der Waals surface area (Å²) in [6.07, 6.45) is 7.18. The molecule has 3 aromatic heterocycles. The third kappa shape index (κ3) is 4.40. The second-order valence-corrected chi connectivity index (χ2v) is 7.68. The van der Waals surface area contributed by atoms with Crippen molar-refractivity contribution in [3.63, 3.8) is 0 Å². The van der Waals surface area contributed by atoms with E-state index >= 15 is 0 Å². The molecule has 7 nitrogen and oxygen atoms in total. The molecule has 30 heavy (non-hydrogen) atoms. The van der Waals surface area contributed by atoms with Crippen LogP contribution in [-0.2, 0) is 24.2 Å². The molecule has 0 aromatic carbocycles. The van der Waals surface area contributed by atoms with Crippen molar-refractivity contribution < 1.29 is 4.79 Å². The molecule has 7 heteroatoms. The standard InChI is InChI=1S/C23H28N6O/c1-3-19-20(4-2)28-22-21(27-19)12-18(14-25-22)29-11-7-8-16(15-29)23(30)26-13-17-9-5-6-10-24-17/h5-6,9-10,12,14,16H,3-4,7-8,11,13,15H2,1-2H3,(H,26,30). The van der Waals surface area contributed by atoms with E-state index in [4.69, 9.17) is 4.98 Å². The zero-order chi connectivity index (χ0) is 20.9. The minimum atomic E-state index is -0.0436. The second-order valence-electron chi connectivity index (χ2n) is 7.68. The van der Waals surface area contributed by atoms with Gasteiger partial charge in [-0.05, 0) is 43.9 Å². The molecule has 1 N–H and O–H groups in total. The van der Waals surface area contributed by atoms with Crippen molar-refractivity contribution in [1.82, 2.24) is 25.3 Å². The van der Waals surface area contributed by atoms with Gasteiger partial charge in [0.2, 0.25) is 5.91 Å². The maximum atomic E-state index is 12.7. The molecule has 0 bridgehead atoms. The van der Waals surface area contributed by atoms with Crippen molar-refractivity contribution in [3.05, 3.63) is 53.7 Å². The fourth-order valence-electron chi connectivity index (χ4n) is 4.00. The Morgan fingerprint density at radius 2 is 2.00 bits per heavy atom. The lowest BCUT2D eigenvalue weighted by Gasteiger charge is -2.33. The molecular weight excluding hydrogens is 376 g/mol. The Morgan fingerprint density at radius 3 is 2.77 bits per heavy atom. The summed E-state index contributed by atoms with van der Waals surface area (Å²) < 4.78 is 0. The van der Waals surface area contributed by atoms with E-state index in [1.165, 1.54) is 0 Å². The average molecular weight is 405 g/mol. The fourth-order valence-corrected chi connectivity index (χ4v) is 4.00.